The molecular formula is C28H37FN4O7S. The molecule has 1 aromatic carbocycles. The molecule has 1 aliphatic carbocycles. The lowest BCUT2D eigenvalue weighted by molar-refractivity contribution is -0.212. The Morgan fingerprint density at radius 3 is 2.63 bits per heavy atom. The zero-order valence-electron chi connectivity index (χ0n) is 23.6. The molecule has 13 heteroatoms. The lowest BCUT2D eigenvalue weighted by atomic mass is 9.85. The maximum Gasteiger partial charge on any atom is 0.258 e. The highest BCUT2D eigenvalue weighted by Gasteiger charge is 2.53. The molecule has 0 radical (unpaired) electrons. The molecule has 1 saturated carbocycles. The third-order valence-electron chi connectivity index (χ3n) is 7.20. The van der Waals surface area contributed by atoms with E-state index >= 15 is 0 Å². The number of nitrogens with one attached hydrogen (secondary N) is 2. The lowest BCUT2D eigenvalue weighted by Gasteiger charge is -2.35. The number of aliphatic hydroxyl groups is 2. The van der Waals surface area contributed by atoms with Crippen molar-refractivity contribution in [2.75, 3.05) is 19.8 Å². The zero-order valence-corrected chi connectivity index (χ0v) is 24.4. The van der Waals surface area contributed by atoms with Crippen molar-refractivity contribution in [3.8, 4) is 16.2 Å². The molecule has 2 aliphatic rings. The predicted molar refractivity (Wildman–Crippen MR) is 148 cm³/mol. The van der Waals surface area contributed by atoms with Gasteiger partial charge in [-0.15, -0.1) is 11.3 Å². The number of aliphatic hydroxyl groups excluding tert-OH is 2. The number of nitrogens with zero attached hydrogens (tertiary/aromatic N) is 2. The van der Waals surface area contributed by atoms with Gasteiger partial charge >= 0.3 is 0 Å². The summed E-state index contributed by atoms with van der Waals surface area (Å²) < 4.78 is 14.4. The van der Waals surface area contributed by atoms with Crippen LogP contribution >= 0.6 is 11.3 Å². The van der Waals surface area contributed by atoms with E-state index in [4.69, 9.17) is 14.9 Å². The number of hydrogen-bond donors (Lipinski definition) is 4. The highest BCUT2D eigenvalue weighted by molar-refractivity contribution is 7.13. The third kappa shape index (κ3) is 7.21. The van der Waals surface area contributed by atoms with E-state index in [0.29, 0.717) is 11.3 Å². The van der Waals surface area contributed by atoms with Gasteiger partial charge in [0.05, 0.1) is 28.8 Å². The van der Waals surface area contributed by atoms with E-state index in [1.165, 1.54) is 16.2 Å². The average Bonchev–Trinajstić information content (AvgIpc) is 3.33. The summed E-state index contributed by atoms with van der Waals surface area (Å²) in [6, 6.07) is 3.31. The molecule has 4 rings (SSSR count). The first-order valence-corrected chi connectivity index (χ1v) is 14.4. The molecule has 1 saturated heterocycles. The van der Waals surface area contributed by atoms with Crippen LogP contribution in [-0.4, -0.2) is 81.4 Å². The summed E-state index contributed by atoms with van der Waals surface area (Å²) in [4.78, 5) is 56.4. The molecule has 4 N–H and O–H groups in total. The monoisotopic (exact) mass is 592 g/mol. The second-order valence-electron chi connectivity index (χ2n) is 11.6. The highest BCUT2D eigenvalue weighted by Crippen LogP contribution is 2.40. The number of benzene rings is 1. The van der Waals surface area contributed by atoms with Crippen molar-refractivity contribution >= 4 is 29.1 Å². The van der Waals surface area contributed by atoms with Crippen molar-refractivity contribution < 1.29 is 38.8 Å². The van der Waals surface area contributed by atoms with Gasteiger partial charge in [0.1, 0.15) is 18.7 Å². The maximum absolute atomic E-state index is 14.4. The summed E-state index contributed by atoms with van der Waals surface area (Å²) >= 11 is 1.47. The fourth-order valence-electron chi connectivity index (χ4n) is 4.66. The lowest BCUT2D eigenvalue weighted by Crippen LogP contribution is -2.59. The van der Waals surface area contributed by atoms with Crippen molar-refractivity contribution in [2.24, 2.45) is 5.41 Å². The molecule has 3 atom stereocenters. The second kappa shape index (κ2) is 12.4. The van der Waals surface area contributed by atoms with Gasteiger partial charge in [-0.05, 0) is 36.8 Å². The quantitative estimate of drug-likeness (QED) is 0.176. The Labute approximate surface area is 242 Å². The van der Waals surface area contributed by atoms with Crippen LogP contribution in [0.2, 0.25) is 0 Å². The number of carbonyl (C=O) groups excluding carboxylic acids is 3. The fraction of sp³-hybridized carbons (Fsp3) is 0.571. The molecule has 3 amide bonds. The molecule has 2 fully saturated rings. The summed E-state index contributed by atoms with van der Waals surface area (Å²) in [5, 5.41) is 24.8. The minimum absolute atomic E-state index is 0.0159. The number of aryl methyl sites for hydroxylation is 1. The van der Waals surface area contributed by atoms with Crippen molar-refractivity contribution in [1.29, 1.82) is 0 Å². The Balaban J connectivity index is 1.49. The van der Waals surface area contributed by atoms with Gasteiger partial charge in [-0.2, -0.15) is 4.89 Å². The van der Waals surface area contributed by atoms with Crippen LogP contribution in [0, 0.1) is 12.3 Å². The first-order chi connectivity index (χ1) is 19.3. The Kier molecular flexibility index (Phi) is 9.32. The molecule has 2 heterocycles. The Morgan fingerprint density at radius 1 is 1.29 bits per heavy atom. The number of aromatic nitrogens is 1. The molecule has 11 nitrogen and oxygen atoms in total. The highest BCUT2D eigenvalue weighted by atomic mass is 32.1. The van der Waals surface area contributed by atoms with Crippen LogP contribution in [-0.2, 0) is 25.8 Å². The third-order valence-corrected chi connectivity index (χ3v) is 8.18. The number of alkyl halides is 1. The zero-order chi connectivity index (χ0) is 29.9. The van der Waals surface area contributed by atoms with Crippen molar-refractivity contribution in [1.82, 2.24) is 20.5 Å². The Morgan fingerprint density at radius 2 is 2.02 bits per heavy atom. The van der Waals surface area contributed by atoms with Gasteiger partial charge in [-0.25, -0.2) is 9.37 Å². The van der Waals surface area contributed by atoms with Gasteiger partial charge in [0, 0.05) is 25.1 Å². The molecule has 1 aliphatic heterocycles. The molecule has 41 heavy (non-hydrogen) atoms. The van der Waals surface area contributed by atoms with Gasteiger partial charge < -0.3 is 30.6 Å². The average molecular weight is 593 g/mol. The summed E-state index contributed by atoms with van der Waals surface area (Å²) in [6.07, 6.45) is -0.700. The van der Waals surface area contributed by atoms with Gasteiger partial charge in [0.15, 0.2) is 11.4 Å². The molecule has 1 aromatic heterocycles. The van der Waals surface area contributed by atoms with Gasteiger partial charge in [0.25, 0.3) is 5.91 Å². The molecule has 224 valence electrons. The normalized spacial score (nSPS) is 20.4. The van der Waals surface area contributed by atoms with E-state index in [9.17, 15) is 23.9 Å². The van der Waals surface area contributed by atoms with Gasteiger partial charge in [-0.3, -0.25) is 14.4 Å². The van der Waals surface area contributed by atoms with E-state index in [2.05, 4.69) is 15.6 Å². The Bertz CT molecular complexity index is 1280. The number of thiazole rings is 1. The van der Waals surface area contributed by atoms with Crippen molar-refractivity contribution in [3.63, 3.8) is 0 Å². The van der Waals surface area contributed by atoms with Crippen LogP contribution in [0.3, 0.4) is 0 Å². The number of hydrogen-bond acceptors (Lipinski definition) is 9. The first kappa shape index (κ1) is 30.8. The van der Waals surface area contributed by atoms with Crippen LogP contribution in [0.5, 0.6) is 5.75 Å². The molecule has 0 unspecified atom stereocenters. The van der Waals surface area contributed by atoms with Crippen LogP contribution in [0.4, 0.5) is 4.39 Å². The maximum atomic E-state index is 14.4. The van der Waals surface area contributed by atoms with E-state index in [0.717, 1.165) is 16.1 Å². The molecule has 0 spiro atoms. The standard InChI is InChI=1S/C28H37FN4O7S/c1-16-22(41-15-31-16)17-5-6-18(21(11-17)40-39-10-9-34)13-30-24(36)20-12-19(35)14-33(20)25(37)23(27(2,3)4)32-26(38)28(29)7-8-28/h5-6,11,15,19-20,23,34-35H,7-10,12-14H2,1-4H3,(H,30,36)(H,32,38)/t19-,20+,23-/m1/s1. The smallest absolute Gasteiger partial charge is 0.258 e. The van der Waals surface area contributed by atoms with E-state index in [-0.39, 0.29) is 45.6 Å². The van der Waals surface area contributed by atoms with Gasteiger partial charge in [-0.1, -0.05) is 32.9 Å². The summed E-state index contributed by atoms with van der Waals surface area (Å²) in [6.45, 7) is 6.76. The van der Waals surface area contributed by atoms with E-state index < -0.39 is 47.0 Å². The SMILES string of the molecule is Cc1ncsc1-c1ccc(CNC(=O)[C@@H]2C[C@@H](O)CN2C(=O)[C@@H](NC(=O)C2(F)CC2)C(C)(C)C)c(OOCCO)c1. The van der Waals surface area contributed by atoms with Crippen LogP contribution < -0.4 is 15.5 Å². The summed E-state index contributed by atoms with van der Waals surface area (Å²) in [7, 11) is 0. The number of rotatable bonds is 11. The van der Waals surface area contributed by atoms with Crippen LogP contribution in [0.25, 0.3) is 10.4 Å². The second-order valence-corrected chi connectivity index (χ2v) is 12.4. The number of amides is 3. The topological polar surface area (TPSA) is 150 Å². The number of likely N-dealkylation sites (tertiary alicyclic amines) is 1. The molecule has 0 bridgehead atoms. The molecular weight excluding hydrogens is 555 g/mol. The van der Waals surface area contributed by atoms with Crippen LogP contribution in [0.15, 0.2) is 23.7 Å². The largest absolute Gasteiger partial charge is 0.394 e. The summed E-state index contributed by atoms with van der Waals surface area (Å²) in [5.74, 6) is -1.56. The number of halogens is 1. The summed E-state index contributed by atoms with van der Waals surface area (Å²) in [5.41, 5.74) is 1.28. The van der Waals surface area contributed by atoms with Crippen molar-refractivity contribution in [3.05, 3.63) is 35.0 Å². The molecule has 2 aromatic rings. The van der Waals surface area contributed by atoms with E-state index in [1.807, 2.05) is 13.0 Å². The fourth-order valence-corrected chi connectivity index (χ4v) is 5.46. The minimum Gasteiger partial charge on any atom is -0.394 e. The van der Waals surface area contributed by atoms with Crippen molar-refractivity contribution in [2.45, 2.75) is 77.4 Å². The number of β-amino-alcohol motifs (C(OH)–C–C–N with tert-alkyl or cyclic N) is 1. The predicted octanol–water partition coefficient (Wildman–Crippen LogP) is 2.03. The van der Waals surface area contributed by atoms with Gasteiger partial charge in [0.2, 0.25) is 11.8 Å². The van der Waals surface area contributed by atoms with E-state index in [1.54, 1.807) is 38.4 Å². The number of carbonyl (C=O) groups is 3. The first-order valence-electron chi connectivity index (χ1n) is 13.5. The minimum atomic E-state index is -1.96. The Hall–Kier alpha value is -3.13. The van der Waals surface area contributed by atoms with Crippen LogP contribution in [0.1, 0.15) is 51.3 Å².